The molecule has 4 aromatic rings. The number of ketones is 1. The van der Waals surface area contributed by atoms with Gasteiger partial charge >= 0.3 is 0 Å². The molecule has 0 aliphatic carbocycles. The lowest BCUT2D eigenvalue weighted by molar-refractivity contribution is -0.132. The molecular weight excluding hydrogens is 518 g/mol. The number of phenols is 1. The van der Waals surface area contributed by atoms with Gasteiger partial charge in [-0.3, -0.25) is 14.5 Å². The number of anilines is 1. The van der Waals surface area contributed by atoms with Crippen molar-refractivity contribution in [3.63, 3.8) is 0 Å². The van der Waals surface area contributed by atoms with E-state index in [9.17, 15) is 19.8 Å². The predicted molar refractivity (Wildman–Crippen MR) is 157 cm³/mol. The van der Waals surface area contributed by atoms with E-state index >= 15 is 0 Å². The Morgan fingerprint density at radius 2 is 1.51 bits per heavy atom. The number of aliphatic hydroxyl groups excluding tert-OH is 1. The molecule has 1 fully saturated rings. The molecule has 1 aliphatic rings. The van der Waals surface area contributed by atoms with Gasteiger partial charge in [-0.2, -0.15) is 0 Å². The Morgan fingerprint density at radius 1 is 0.805 bits per heavy atom. The number of aromatic hydroxyl groups is 1. The first-order chi connectivity index (χ1) is 20.0. The molecule has 1 atom stereocenters. The van der Waals surface area contributed by atoms with Crippen LogP contribution in [0, 0.1) is 0 Å². The van der Waals surface area contributed by atoms with Crippen molar-refractivity contribution in [1.29, 1.82) is 0 Å². The zero-order valence-electron chi connectivity index (χ0n) is 22.7. The molecule has 1 aliphatic heterocycles. The van der Waals surface area contributed by atoms with E-state index in [1.165, 1.54) is 11.0 Å². The number of rotatable bonds is 10. The van der Waals surface area contributed by atoms with Crippen LogP contribution in [0.2, 0.25) is 0 Å². The van der Waals surface area contributed by atoms with Crippen LogP contribution in [-0.2, 0) is 9.59 Å². The Bertz CT molecular complexity index is 1560. The van der Waals surface area contributed by atoms with Gasteiger partial charge in [-0.15, -0.1) is 0 Å². The van der Waals surface area contributed by atoms with Crippen LogP contribution in [0.4, 0.5) is 5.69 Å². The summed E-state index contributed by atoms with van der Waals surface area (Å²) in [5.74, 6) is -0.445. The largest absolute Gasteiger partial charge is 0.507 e. The molecule has 0 saturated carbocycles. The van der Waals surface area contributed by atoms with Crippen LogP contribution >= 0.6 is 0 Å². The molecule has 1 heterocycles. The molecule has 1 amide bonds. The fourth-order valence-electron chi connectivity index (χ4n) is 4.84. The average Bonchev–Trinajstić information content (AvgIpc) is 3.26. The number of amides is 1. The van der Waals surface area contributed by atoms with Crippen LogP contribution in [-0.4, -0.2) is 28.5 Å². The fourth-order valence-corrected chi connectivity index (χ4v) is 4.84. The summed E-state index contributed by atoms with van der Waals surface area (Å²) in [5, 5.41) is 22.1. The first-order valence-electron chi connectivity index (χ1n) is 13.6. The number of carbonyl (C=O) groups is 2. The van der Waals surface area contributed by atoms with Crippen LogP contribution in [0.5, 0.6) is 23.0 Å². The molecule has 41 heavy (non-hydrogen) atoms. The van der Waals surface area contributed by atoms with Crippen LogP contribution in [0.25, 0.3) is 5.76 Å². The summed E-state index contributed by atoms with van der Waals surface area (Å²) in [4.78, 5) is 28.2. The molecule has 1 saturated heterocycles. The molecule has 4 aromatic carbocycles. The standard InChI is InChI=1S/C34H31NO6/c1-2-3-9-21-40-25-19-17-23(18-20-25)32(37)30-31(35(34(39)33(30)38)28-15-7-8-16-29(28)36)24-11-10-14-27(22-24)41-26-12-5-4-6-13-26/h4-8,10-20,22,31,36-37H,2-3,9,21H2,1H3/b32-30-. The zero-order valence-corrected chi connectivity index (χ0v) is 22.7. The summed E-state index contributed by atoms with van der Waals surface area (Å²) in [6.07, 6.45) is 3.12. The van der Waals surface area contributed by atoms with Gasteiger partial charge in [0.2, 0.25) is 0 Å². The Morgan fingerprint density at radius 3 is 2.24 bits per heavy atom. The minimum atomic E-state index is -1.02. The molecule has 7 nitrogen and oxygen atoms in total. The van der Waals surface area contributed by atoms with E-state index in [4.69, 9.17) is 9.47 Å². The number of hydrogen-bond donors (Lipinski definition) is 2. The zero-order chi connectivity index (χ0) is 28.8. The van der Waals surface area contributed by atoms with Gasteiger partial charge in [-0.1, -0.05) is 62.2 Å². The second-order valence-corrected chi connectivity index (χ2v) is 9.73. The predicted octanol–water partition coefficient (Wildman–Crippen LogP) is 7.38. The van der Waals surface area contributed by atoms with Crippen molar-refractivity contribution in [2.75, 3.05) is 11.5 Å². The average molecular weight is 550 g/mol. The number of ether oxygens (including phenoxy) is 2. The van der Waals surface area contributed by atoms with E-state index in [2.05, 4.69) is 6.92 Å². The number of benzene rings is 4. The van der Waals surface area contributed by atoms with Gasteiger partial charge in [-0.25, -0.2) is 0 Å². The summed E-state index contributed by atoms with van der Waals surface area (Å²) < 4.78 is 11.8. The van der Waals surface area contributed by atoms with E-state index in [-0.39, 0.29) is 22.8 Å². The van der Waals surface area contributed by atoms with Crippen LogP contribution in [0.1, 0.15) is 43.4 Å². The molecule has 0 bridgehead atoms. The van der Waals surface area contributed by atoms with Gasteiger partial charge in [0.15, 0.2) is 0 Å². The Hall–Kier alpha value is -5.04. The van der Waals surface area contributed by atoms with Crippen molar-refractivity contribution >= 4 is 23.1 Å². The lowest BCUT2D eigenvalue weighted by Gasteiger charge is -2.26. The maximum Gasteiger partial charge on any atom is 0.300 e. The van der Waals surface area contributed by atoms with Crippen LogP contribution < -0.4 is 14.4 Å². The summed E-state index contributed by atoms with van der Waals surface area (Å²) in [6, 6.07) is 28.3. The molecule has 0 aromatic heterocycles. The van der Waals surface area contributed by atoms with E-state index < -0.39 is 17.7 Å². The highest BCUT2D eigenvalue weighted by Gasteiger charge is 2.47. The van der Waals surface area contributed by atoms with Crippen molar-refractivity contribution < 1.29 is 29.3 Å². The van der Waals surface area contributed by atoms with E-state index in [1.807, 2.05) is 30.3 Å². The minimum absolute atomic E-state index is 0.0910. The molecule has 2 N–H and O–H groups in total. The third-order valence-electron chi connectivity index (χ3n) is 6.88. The number of carbonyl (C=O) groups excluding carboxylic acids is 2. The third-order valence-corrected chi connectivity index (χ3v) is 6.88. The summed E-state index contributed by atoms with van der Waals surface area (Å²) in [7, 11) is 0. The molecule has 7 heteroatoms. The van der Waals surface area contributed by atoms with E-state index in [1.54, 1.807) is 66.7 Å². The Balaban J connectivity index is 1.56. The maximum atomic E-state index is 13.5. The first-order valence-corrected chi connectivity index (χ1v) is 13.6. The molecular formula is C34H31NO6. The highest BCUT2D eigenvalue weighted by molar-refractivity contribution is 6.51. The topological polar surface area (TPSA) is 96.3 Å². The second-order valence-electron chi connectivity index (χ2n) is 9.73. The highest BCUT2D eigenvalue weighted by Crippen LogP contribution is 2.45. The van der Waals surface area contributed by atoms with Gasteiger partial charge < -0.3 is 19.7 Å². The molecule has 1 unspecified atom stereocenters. The van der Waals surface area contributed by atoms with Gasteiger partial charge in [0.25, 0.3) is 11.7 Å². The number of para-hydroxylation sites is 3. The van der Waals surface area contributed by atoms with Crippen LogP contribution in [0.3, 0.4) is 0 Å². The molecule has 0 spiro atoms. The fraction of sp³-hybridized carbons (Fsp3) is 0.176. The lowest BCUT2D eigenvalue weighted by Crippen LogP contribution is -2.29. The lowest BCUT2D eigenvalue weighted by atomic mass is 9.95. The highest BCUT2D eigenvalue weighted by atomic mass is 16.5. The normalized spacial score (nSPS) is 16.1. The van der Waals surface area contributed by atoms with Crippen molar-refractivity contribution in [3.8, 4) is 23.0 Å². The monoisotopic (exact) mass is 549 g/mol. The minimum Gasteiger partial charge on any atom is -0.507 e. The number of unbranched alkanes of at least 4 members (excludes halogenated alkanes) is 2. The van der Waals surface area contributed by atoms with Gasteiger partial charge in [0.05, 0.1) is 23.9 Å². The Kier molecular flexibility index (Phi) is 8.34. The van der Waals surface area contributed by atoms with Gasteiger partial charge in [0.1, 0.15) is 28.8 Å². The van der Waals surface area contributed by atoms with Crippen molar-refractivity contribution in [2.45, 2.75) is 32.2 Å². The quantitative estimate of drug-likeness (QED) is 0.0927. The van der Waals surface area contributed by atoms with Gasteiger partial charge in [-0.05, 0) is 72.6 Å². The molecule has 0 radical (unpaired) electrons. The van der Waals surface area contributed by atoms with Crippen molar-refractivity contribution in [2.24, 2.45) is 0 Å². The smallest absolute Gasteiger partial charge is 0.300 e. The summed E-state index contributed by atoms with van der Waals surface area (Å²) >= 11 is 0. The van der Waals surface area contributed by atoms with E-state index in [0.717, 1.165) is 19.3 Å². The number of Topliss-reactive ketones (excluding diaryl/α,β-unsaturated/α-hetero) is 1. The number of phenolic OH excluding ortho intramolecular Hbond substituents is 1. The Labute approximate surface area is 238 Å². The second kappa shape index (κ2) is 12.4. The number of aliphatic hydroxyl groups is 1. The molecule has 208 valence electrons. The molecule has 5 rings (SSSR count). The first kappa shape index (κ1) is 27.5. The number of hydrogen-bond acceptors (Lipinski definition) is 6. The van der Waals surface area contributed by atoms with E-state index in [0.29, 0.717) is 35.0 Å². The summed E-state index contributed by atoms with van der Waals surface area (Å²) in [5.41, 5.74) is 0.955. The van der Waals surface area contributed by atoms with Crippen molar-refractivity contribution in [3.05, 3.63) is 120 Å². The van der Waals surface area contributed by atoms with Crippen molar-refractivity contribution in [1.82, 2.24) is 0 Å². The van der Waals surface area contributed by atoms with Crippen LogP contribution in [0.15, 0.2) is 109 Å². The summed E-state index contributed by atoms with van der Waals surface area (Å²) in [6.45, 7) is 2.71. The maximum absolute atomic E-state index is 13.5. The number of nitrogens with zero attached hydrogens (tertiary/aromatic N) is 1. The van der Waals surface area contributed by atoms with Gasteiger partial charge in [0, 0.05) is 5.56 Å². The third kappa shape index (κ3) is 5.94. The SMILES string of the molecule is CCCCCOc1ccc(/C(O)=C2/C(=O)C(=O)N(c3ccccc3O)C2c2cccc(Oc3ccccc3)c2)cc1.